The van der Waals surface area contributed by atoms with Crippen molar-refractivity contribution in [1.82, 2.24) is 10.2 Å². The summed E-state index contributed by atoms with van der Waals surface area (Å²) in [6.45, 7) is 4.19. The van der Waals surface area contributed by atoms with Gasteiger partial charge in [0, 0.05) is 32.2 Å². The summed E-state index contributed by atoms with van der Waals surface area (Å²) in [4.78, 5) is 13.7. The Morgan fingerprint density at radius 2 is 2.05 bits per heavy atom. The minimum Gasteiger partial charge on any atom is -0.478 e. The van der Waals surface area contributed by atoms with Crippen LogP contribution in [0.1, 0.15) is 6.92 Å². The highest BCUT2D eigenvalue weighted by Gasteiger charge is 2.24. The van der Waals surface area contributed by atoms with Crippen LogP contribution in [-0.4, -0.2) is 43.1 Å². The number of rotatable bonds is 3. The molecule has 0 bridgehead atoms. The van der Waals surface area contributed by atoms with Crippen LogP contribution in [0.15, 0.2) is 18.2 Å². The lowest BCUT2D eigenvalue weighted by Gasteiger charge is -2.29. The number of piperazine rings is 1. The van der Waals surface area contributed by atoms with Gasteiger partial charge < -0.3 is 15.0 Å². The van der Waals surface area contributed by atoms with Crippen LogP contribution in [0.2, 0.25) is 0 Å². The van der Waals surface area contributed by atoms with Crippen LogP contribution in [-0.2, 0) is 4.79 Å². The van der Waals surface area contributed by atoms with Gasteiger partial charge in [-0.05, 0) is 19.1 Å². The fourth-order valence-electron chi connectivity index (χ4n) is 1.95. The van der Waals surface area contributed by atoms with Crippen molar-refractivity contribution >= 4 is 5.91 Å². The van der Waals surface area contributed by atoms with Crippen molar-refractivity contribution in [2.75, 3.05) is 26.2 Å². The van der Waals surface area contributed by atoms with Crippen molar-refractivity contribution in [1.29, 1.82) is 0 Å². The first kappa shape index (κ1) is 13.7. The van der Waals surface area contributed by atoms with E-state index in [9.17, 15) is 13.6 Å². The highest BCUT2D eigenvalue weighted by molar-refractivity contribution is 5.81. The Kier molecular flexibility index (Phi) is 4.31. The smallest absolute Gasteiger partial charge is 0.263 e. The monoisotopic (exact) mass is 270 g/mol. The van der Waals surface area contributed by atoms with Crippen LogP contribution < -0.4 is 10.1 Å². The summed E-state index contributed by atoms with van der Waals surface area (Å²) >= 11 is 0. The fraction of sp³-hybridized carbons (Fsp3) is 0.462. The number of carbonyl (C=O) groups is 1. The van der Waals surface area contributed by atoms with E-state index < -0.39 is 17.7 Å². The largest absolute Gasteiger partial charge is 0.478 e. The van der Waals surface area contributed by atoms with Crippen molar-refractivity contribution in [3.8, 4) is 5.75 Å². The molecule has 0 saturated carbocycles. The number of hydrogen-bond donors (Lipinski definition) is 1. The van der Waals surface area contributed by atoms with E-state index in [1.807, 2.05) is 0 Å². The molecule has 104 valence electrons. The second kappa shape index (κ2) is 5.97. The van der Waals surface area contributed by atoms with Crippen LogP contribution in [0.3, 0.4) is 0 Å². The summed E-state index contributed by atoms with van der Waals surface area (Å²) in [5, 5.41) is 3.13. The Hall–Kier alpha value is -1.69. The lowest BCUT2D eigenvalue weighted by molar-refractivity contribution is -0.138. The van der Waals surface area contributed by atoms with Gasteiger partial charge in [-0.1, -0.05) is 0 Å². The summed E-state index contributed by atoms with van der Waals surface area (Å²) in [5.74, 6) is -1.74. The second-order valence-corrected chi connectivity index (χ2v) is 4.41. The highest BCUT2D eigenvalue weighted by atomic mass is 19.1. The molecule has 0 radical (unpaired) electrons. The maximum Gasteiger partial charge on any atom is 0.263 e. The van der Waals surface area contributed by atoms with Gasteiger partial charge in [-0.15, -0.1) is 0 Å². The third-order valence-corrected chi connectivity index (χ3v) is 2.97. The number of hydrogen-bond acceptors (Lipinski definition) is 3. The molecule has 0 aliphatic carbocycles. The molecule has 1 unspecified atom stereocenters. The Labute approximate surface area is 110 Å². The molecule has 1 aromatic carbocycles. The molecule has 1 aromatic rings. The maximum atomic E-state index is 13.4. The second-order valence-electron chi connectivity index (χ2n) is 4.41. The molecule has 1 aliphatic rings. The van der Waals surface area contributed by atoms with Gasteiger partial charge in [0.2, 0.25) is 0 Å². The average molecular weight is 270 g/mol. The summed E-state index contributed by atoms with van der Waals surface area (Å²) in [6.07, 6.45) is -0.839. The van der Waals surface area contributed by atoms with Gasteiger partial charge in [0.15, 0.2) is 17.7 Å². The van der Waals surface area contributed by atoms with Crippen LogP contribution in [0, 0.1) is 11.6 Å². The molecule has 0 spiro atoms. The highest BCUT2D eigenvalue weighted by Crippen LogP contribution is 2.19. The average Bonchev–Trinajstić information content (AvgIpc) is 2.43. The van der Waals surface area contributed by atoms with Crippen LogP contribution in [0.5, 0.6) is 5.75 Å². The summed E-state index contributed by atoms with van der Waals surface area (Å²) in [6, 6.07) is 2.93. The first-order valence-electron chi connectivity index (χ1n) is 6.19. The minimum absolute atomic E-state index is 0.217. The van der Waals surface area contributed by atoms with Gasteiger partial charge in [0.1, 0.15) is 5.82 Å². The molecule has 1 saturated heterocycles. The predicted octanol–water partition coefficient (Wildman–Crippen LogP) is 1.16. The van der Waals surface area contributed by atoms with Gasteiger partial charge in [-0.3, -0.25) is 4.79 Å². The zero-order chi connectivity index (χ0) is 13.8. The van der Waals surface area contributed by atoms with E-state index in [1.54, 1.807) is 4.90 Å². The molecule has 4 nitrogen and oxygen atoms in total. The Bertz CT molecular complexity index is 462. The van der Waals surface area contributed by atoms with Gasteiger partial charge in [-0.25, -0.2) is 8.78 Å². The molecular weight excluding hydrogens is 254 g/mol. The third kappa shape index (κ3) is 3.41. The number of benzene rings is 1. The van der Waals surface area contributed by atoms with Crippen molar-refractivity contribution in [3.05, 3.63) is 29.8 Å². The molecule has 1 aliphatic heterocycles. The molecule has 1 fully saturated rings. The first-order valence-corrected chi connectivity index (χ1v) is 6.19. The lowest BCUT2D eigenvalue weighted by atomic mass is 10.2. The van der Waals surface area contributed by atoms with Crippen molar-refractivity contribution in [3.63, 3.8) is 0 Å². The number of nitrogens with one attached hydrogen (secondary N) is 1. The van der Waals surface area contributed by atoms with Gasteiger partial charge in [0.05, 0.1) is 0 Å². The topological polar surface area (TPSA) is 41.6 Å². The molecule has 1 heterocycles. The van der Waals surface area contributed by atoms with E-state index in [0.717, 1.165) is 31.3 Å². The number of amides is 1. The van der Waals surface area contributed by atoms with Gasteiger partial charge >= 0.3 is 0 Å². The summed E-state index contributed by atoms with van der Waals surface area (Å²) in [7, 11) is 0. The molecule has 0 aromatic heterocycles. The molecular formula is C13H16F2N2O2. The van der Waals surface area contributed by atoms with Crippen molar-refractivity contribution in [2.24, 2.45) is 0 Å². The molecule has 1 atom stereocenters. The Morgan fingerprint density at radius 1 is 1.37 bits per heavy atom. The molecule has 1 N–H and O–H groups in total. The zero-order valence-corrected chi connectivity index (χ0v) is 10.7. The predicted molar refractivity (Wildman–Crippen MR) is 65.9 cm³/mol. The summed E-state index contributed by atoms with van der Waals surface area (Å²) < 4.78 is 31.6. The van der Waals surface area contributed by atoms with E-state index in [-0.39, 0.29) is 11.7 Å². The number of nitrogens with zero attached hydrogens (tertiary/aromatic N) is 1. The number of ether oxygens (including phenoxy) is 1. The van der Waals surface area contributed by atoms with Crippen LogP contribution >= 0.6 is 0 Å². The first-order chi connectivity index (χ1) is 9.08. The lowest BCUT2D eigenvalue weighted by Crippen LogP contribution is -2.50. The van der Waals surface area contributed by atoms with E-state index in [1.165, 1.54) is 6.92 Å². The van der Waals surface area contributed by atoms with E-state index in [4.69, 9.17) is 4.74 Å². The molecule has 19 heavy (non-hydrogen) atoms. The van der Waals surface area contributed by atoms with Gasteiger partial charge in [0.25, 0.3) is 5.91 Å². The van der Waals surface area contributed by atoms with Crippen molar-refractivity contribution in [2.45, 2.75) is 13.0 Å². The zero-order valence-electron chi connectivity index (χ0n) is 10.7. The van der Waals surface area contributed by atoms with E-state index in [0.29, 0.717) is 13.1 Å². The van der Waals surface area contributed by atoms with E-state index >= 15 is 0 Å². The molecule has 6 heteroatoms. The van der Waals surface area contributed by atoms with Gasteiger partial charge in [-0.2, -0.15) is 0 Å². The molecule has 1 amide bonds. The maximum absolute atomic E-state index is 13.4. The minimum atomic E-state index is -0.839. The standard InChI is InChI=1S/C13H16F2N2O2/c1-9(13(18)17-6-4-16-5-7-17)19-12-8-10(14)2-3-11(12)15/h2-3,8-9,16H,4-7H2,1H3. The fourth-order valence-corrected chi connectivity index (χ4v) is 1.95. The molecule has 2 rings (SSSR count). The number of carbonyl (C=O) groups excluding carboxylic acids is 1. The number of halogens is 2. The van der Waals surface area contributed by atoms with E-state index in [2.05, 4.69) is 5.32 Å². The quantitative estimate of drug-likeness (QED) is 0.896. The van der Waals surface area contributed by atoms with Crippen LogP contribution in [0.25, 0.3) is 0 Å². The Balaban J connectivity index is 2.01. The Morgan fingerprint density at radius 3 is 2.74 bits per heavy atom. The third-order valence-electron chi connectivity index (χ3n) is 2.97. The van der Waals surface area contributed by atoms with Crippen LogP contribution in [0.4, 0.5) is 8.78 Å². The SMILES string of the molecule is CC(Oc1cc(F)ccc1F)C(=O)N1CCNCC1. The van der Waals surface area contributed by atoms with Crippen molar-refractivity contribution < 1.29 is 18.3 Å². The normalized spacial score (nSPS) is 17.1. The summed E-state index contributed by atoms with van der Waals surface area (Å²) in [5.41, 5.74) is 0.